The lowest BCUT2D eigenvalue weighted by atomic mass is 9.85. The molecule has 0 bridgehead atoms. The summed E-state index contributed by atoms with van der Waals surface area (Å²) in [6, 6.07) is 76.4. The summed E-state index contributed by atoms with van der Waals surface area (Å²) in [7, 11) is 0. The van der Waals surface area contributed by atoms with Crippen LogP contribution >= 0.6 is 0 Å². The van der Waals surface area contributed by atoms with E-state index in [1.807, 2.05) is 0 Å². The Morgan fingerprint density at radius 2 is 0.754 bits per heavy atom. The van der Waals surface area contributed by atoms with Crippen molar-refractivity contribution in [1.82, 2.24) is 0 Å². The van der Waals surface area contributed by atoms with Gasteiger partial charge in [0.05, 0.1) is 0 Å². The maximum atomic E-state index is 7.32. The summed E-state index contributed by atoms with van der Waals surface area (Å²) in [6.07, 6.45) is 0. The van der Waals surface area contributed by atoms with Crippen LogP contribution < -0.4 is 0 Å². The molecule has 280 valence electrons. The van der Waals surface area contributed by atoms with Gasteiger partial charge in [0.1, 0.15) is 11.2 Å². The third-order valence-electron chi connectivity index (χ3n) is 13.6. The van der Waals surface area contributed by atoms with Crippen LogP contribution in [0.25, 0.3) is 141 Å². The molecular formula is C60H34O. The van der Waals surface area contributed by atoms with E-state index >= 15 is 0 Å². The lowest BCUT2D eigenvalue weighted by Crippen LogP contribution is -1.91. The minimum Gasteiger partial charge on any atom is -0.455 e. The van der Waals surface area contributed by atoms with Crippen LogP contribution in [0.2, 0.25) is 0 Å². The van der Waals surface area contributed by atoms with E-state index in [1.165, 1.54) is 109 Å². The standard InChI is InChI=1S/C60H34O/c1-2-12-40-33-42(18-17-35(40)9-1)44-25-21-38-24-29-49-47(26-22-39-23-28-48(44)55(38)56(39)49)50-31-32-52(60-58(50)53-30-20-37-11-4-8-16-46(37)59(53)61-60)57-45-15-7-5-13-41(45)34-54-43-14-6-3-10-36(43)19-27-51(54)57/h1-34H. The van der Waals surface area contributed by atoms with E-state index in [-0.39, 0.29) is 0 Å². The van der Waals surface area contributed by atoms with Crippen molar-refractivity contribution >= 4 is 108 Å². The van der Waals surface area contributed by atoms with E-state index in [0.29, 0.717) is 0 Å². The average Bonchev–Trinajstić information content (AvgIpc) is 3.73. The predicted octanol–water partition coefficient (Wildman–Crippen LogP) is 17.3. The van der Waals surface area contributed by atoms with Crippen molar-refractivity contribution in [2.75, 3.05) is 0 Å². The summed E-state index contributed by atoms with van der Waals surface area (Å²) < 4.78 is 7.32. The molecule has 0 atom stereocenters. The smallest absolute Gasteiger partial charge is 0.143 e. The van der Waals surface area contributed by atoms with Gasteiger partial charge in [0, 0.05) is 27.3 Å². The molecule has 0 amide bonds. The first kappa shape index (κ1) is 32.9. The summed E-state index contributed by atoms with van der Waals surface area (Å²) in [5.74, 6) is 0. The first-order valence-electron chi connectivity index (χ1n) is 21.2. The molecule has 1 heteroatoms. The van der Waals surface area contributed by atoms with Crippen LogP contribution in [0.4, 0.5) is 0 Å². The molecule has 0 radical (unpaired) electrons. The van der Waals surface area contributed by atoms with E-state index < -0.39 is 0 Å². The van der Waals surface area contributed by atoms with Gasteiger partial charge in [0.25, 0.3) is 0 Å². The predicted molar refractivity (Wildman–Crippen MR) is 261 cm³/mol. The minimum absolute atomic E-state index is 0.916. The van der Waals surface area contributed by atoms with Gasteiger partial charge in [-0.1, -0.05) is 182 Å². The second-order valence-corrected chi connectivity index (χ2v) is 16.7. The summed E-state index contributed by atoms with van der Waals surface area (Å²) in [4.78, 5) is 0. The fraction of sp³-hybridized carbons (Fsp3) is 0. The van der Waals surface area contributed by atoms with Crippen LogP contribution in [0.5, 0.6) is 0 Å². The molecule has 0 saturated carbocycles. The highest BCUT2D eigenvalue weighted by Gasteiger charge is 2.23. The van der Waals surface area contributed by atoms with Gasteiger partial charge < -0.3 is 4.42 Å². The van der Waals surface area contributed by atoms with Crippen LogP contribution in [-0.2, 0) is 0 Å². The summed E-state index contributed by atoms with van der Waals surface area (Å²) >= 11 is 0. The molecule has 1 aromatic heterocycles. The van der Waals surface area contributed by atoms with Gasteiger partial charge in [0.15, 0.2) is 0 Å². The van der Waals surface area contributed by atoms with Crippen molar-refractivity contribution in [2.24, 2.45) is 0 Å². The molecule has 0 aliphatic heterocycles. The zero-order valence-electron chi connectivity index (χ0n) is 33.0. The maximum Gasteiger partial charge on any atom is 0.143 e. The monoisotopic (exact) mass is 770 g/mol. The third kappa shape index (κ3) is 4.61. The van der Waals surface area contributed by atoms with E-state index in [0.717, 1.165) is 32.9 Å². The van der Waals surface area contributed by atoms with Gasteiger partial charge in [-0.3, -0.25) is 0 Å². The Balaban J connectivity index is 1.09. The van der Waals surface area contributed by atoms with E-state index in [2.05, 4.69) is 206 Å². The second kappa shape index (κ2) is 12.3. The van der Waals surface area contributed by atoms with E-state index in [1.54, 1.807) is 0 Å². The van der Waals surface area contributed by atoms with Crippen molar-refractivity contribution in [3.8, 4) is 33.4 Å². The lowest BCUT2D eigenvalue weighted by Gasteiger charge is -2.18. The normalized spacial score (nSPS) is 12.3. The number of hydrogen-bond donors (Lipinski definition) is 0. The van der Waals surface area contributed by atoms with Crippen LogP contribution in [0, 0.1) is 0 Å². The van der Waals surface area contributed by atoms with Crippen LogP contribution in [0.3, 0.4) is 0 Å². The lowest BCUT2D eigenvalue weighted by molar-refractivity contribution is 0.674. The Morgan fingerprint density at radius 3 is 1.54 bits per heavy atom. The van der Waals surface area contributed by atoms with Crippen molar-refractivity contribution < 1.29 is 4.42 Å². The maximum absolute atomic E-state index is 7.32. The molecular weight excluding hydrogens is 737 g/mol. The molecule has 0 aliphatic rings. The molecule has 1 nitrogen and oxygen atoms in total. The quantitative estimate of drug-likeness (QED) is 0.129. The van der Waals surface area contributed by atoms with Crippen LogP contribution in [-0.4, -0.2) is 0 Å². The third-order valence-corrected chi connectivity index (χ3v) is 13.6. The Hall–Kier alpha value is -8.00. The van der Waals surface area contributed by atoms with Gasteiger partial charge in [-0.2, -0.15) is 0 Å². The van der Waals surface area contributed by atoms with E-state index in [9.17, 15) is 0 Å². The number of hydrogen-bond acceptors (Lipinski definition) is 1. The zero-order valence-corrected chi connectivity index (χ0v) is 33.0. The molecule has 0 aliphatic carbocycles. The number of benzene rings is 13. The van der Waals surface area contributed by atoms with Gasteiger partial charge in [0.2, 0.25) is 0 Å². The SMILES string of the molecule is c1ccc2cc(-c3ccc4ccc5c(-c6ccc(-c7c8ccccc8cc8c7ccc7ccccc78)c7oc8c9ccccc9ccc8c67)ccc6ccc3c4c65)ccc2c1. The summed E-state index contributed by atoms with van der Waals surface area (Å²) in [5.41, 5.74) is 9.03. The average molecular weight is 771 g/mol. The molecule has 14 aromatic rings. The summed E-state index contributed by atoms with van der Waals surface area (Å²) in [5, 5.41) is 22.1. The Labute approximate surface area is 350 Å². The topological polar surface area (TPSA) is 13.1 Å². The molecule has 0 unspecified atom stereocenters. The summed E-state index contributed by atoms with van der Waals surface area (Å²) in [6.45, 7) is 0. The minimum atomic E-state index is 0.916. The number of rotatable bonds is 3. The van der Waals surface area contributed by atoms with Crippen molar-refractivity contribution in [1.29, 1.82) is 0 Å². The molecule has 0 N–H and O–H groups in total. The first-order valence-corrected chi connectivity index (χ1v) is 21.2. The van der Waals surface area contributed by atoms with E-state index in [4.69, 9.17) is 4.42 Å². The largest absolute Gasteiger partial charge is 0.455 e. The highest BCUT2D eigenvalue weighted by atomic mass is 16.3. The van der Waals surface area contributed by atoms with Crippen molar-refractivity contribution in [3.63, 3.8) is 0 Å². The van der Waals surface area contributed by atoms with Gasteiger partial charge in [-0.05, 0) is 127 Å². The highest BCUT2D eigenvalue weighted by Crippen LogP contribution is 2.50. The molecule has 0 saturated heterocycles. The Morgan fingerprint density at radius 1 is 0.230 bits per heavy atom. The number of furan rings is 1. The molecule has 14 rings (SSSR count). The zero-order chi connectivity index (χ0) is 39.8. The molecule has 1 heterocycles. The van der Waals surface area contributed by atoms with Gasteiger partial charge >= 0.3 is 0 Å². The Kier molecular flexibility index (Phi) is 6.62. The second-order valence-electron chi connectivity index (χ2n) is 16.7. The first-order chi connectivity index (χ1) is 30.2. The van der Waals surface area contributed by atoms with Gasteiger partial charge in [-0.15, -0.1) is 0 Å². The van der Waals surface area contributed by atoms with Crippen LogP contribution in [0.15, 0.2) is 211 Å². The molecule has 0 fully saturated rings. The highest BCUT2D eigenvalue weighted by molar-refractivity contribution is 6.31. The molecule has 61 heavy (non-hydrogen) atoms. The van der Waals surface area contributed by atoms with Gasteiger partial charge in [-0.25, -0.2) is 0 Å². The fourth-order valence-corrected chi connectivity index (χ4v) is 10.8. The molecule has 0 spiro atoms. The fourth-order valence-electron chi connectivity index (χ4n) is 10.8. The van der Waals surface area contributed by atoms with Crippen molar-refractivity contribution in [2.45, 2.75) is 0 Å². The number of fused-ring (bicyclic) bond motifs is 10. The Bertz CT molecular complexity index is 4170. The van der Waals surface area contributed by atoms with Crippen molar-refractivity contribution in [3.05, 3.63) is 206 Å². The van der Waals surface area contributed by atoms with Crippen LogP contribution in [0.1, 0.15) is 0 Å². The molecule has 13 aromatic carbocycles.